The predicted octanol–water partition coefficient (Wildman–Crippen LogP) is 2.36. The number of piperidine rings is 1. The average molecular weight is 275 g/mol. The lowest BCUT2D eigenvalue weighted by Crippen LogP contribution is -2.46. The van der Waals surface area contributed by atoms with Crippen LogP contribution >= 0.6 is 0 Å². The van der Waals surface area contributed by atoms with Crippen molar-refractivity contribution in [2.45, 2.75) is 26.2 Å². The lowest BCUT2D eigenvalue weighted by atomic mass is 9.89. The fraction of sp³-hybridized carbons (Fsp3) is 0.500. The Morgan fingerprint density at radius 3 is 2.50 bits per heavy atom. The van der Waals surface area contributed by atoms with Crippen LogP contribution in [0.5, 0.6) is 0 Å². The number of carboxylic acids is 1. The number of nitrogens with zero attached hydrogens (tertiary/aromatic N) is 1. The standard InChI is InChI=1S/C16H21NO3/c1-11-8-14(16(19)20)10-17(9-11)15(18)12(2)13-6-4-3-5-7-13/h3-7,11-12,14H,8-10H2,1-2H3,(H,19,20). The number of rotatable bonds is 3. The van der Waals surface area contributed by atoms with E-state index in [4.69, 9.17) is 0 Å². The molecule has 1 aromatic carbocycles. The van der Waals surface area contributed by atoms with E-state index in [1.165, 1.54) is 0 Å². The third kappa shape index (κ3) is 3.18. The first-order valence-electron chi connectivity index (χ1n) is 7.05. The van der Waals surface area contributed by atoms with Crippen molar-refractivity contribution in [3.63, 3.8) is 0 Å². The molecule has 3 atom stereocenters. The van der Waals surface area contributed by atoms with Crippen LogP contribution in [0.4, 0.5) is 0 Å². The van der Waals surface area contributed by atoms with E-state index < -0.39 is 11.9 Å². The van der Waals surface area contributed by atoms with Crippen LogP contribution in [0.3, 0.4) is 0 Å². The van der Waals surface area contributed by atoms with Gasteiger partial charge in [0, 0.05) is 13.1 Å². The first-order valence-corrected chi connectivity index (χ1v) is 7.05. The molecule has 1 aliphatic rings. The molecule has 0 bridgehead atoms. The summed E-state index contributed by atoms with van der Waals surface area (Å²) in [6.07, 6.45) is 0.652. The summed E-state index contributed by atoms with van der Waals surface area (Å²) < 4.78 is 0. The maximum Gasteiger partial charge on any atom is 0.308 e. The van der Waals surface area contributed by atoms with Crippen LogP contribution in [-0.2, 0) is 9.59 Å². The highest BCUT2D eigenvalue weighted by Gasteiger charge is 2.33. The number of aliphatic carboxylic acids is 1. The second-order valence-electron chi connectivity index (χ2n) is 5.75. The van der Waals surface area contributed by atoms with Crippen molar-refractivity contribution in [3.05, 3.63) is 35.9 Å². The molecular formula is C16H21NO3. The SMILES string of the molecule is CC1CC(C(=O)O)CN(C(=O)C(C)c2ccccc2)C1. The molecule has 1 aromatic rings. The molecular weight excluding hydrogens is 254 g/mol. The minimum Gasteiger partial charge on any atom is -0.481 e. The molecule has 2 rings (SSSR count). The topological polar surface area (TPSA) is 57.6 Å². The Morgan fingerprint density at radius 1 is 1.25 bits per heavy atom. The summed E-state index contributed by atoms with van der Waals surface area (Å²) in [7, 11) is 0. The van der Waals surface area contributed by atoms with Crippen molar-refractivity contribution < 1.29 is 14.7 Å². The van der Waals surface area contributed by atoms with Gasteiger partial charge in [-0.25, -0.2) is 0 Å². The number of carbonyl (C=O) groups is 2. The molecule has 1 amide bonds. The summed E-state index contributed by atoms with van der Waals surface area (Å²) in [5, 5.41) is 9.17. The minimum absolute atomic E-state index is 0.0222. The molecule has 4 heteroatoms. The van der Waals surface area contributed by atoms with Gasteiger partial charge >= 0.3 is 5.97 Å². The second-order valence-corrected chi connectivity index (χ2v) is 5.75. The van der Waals surface area contributed by atoms with E-state index in [0.717, 1.165) is 5.56 Å². The van der Waals surface area contributed by atoms with E-state index in [9.17, 15) is 14.7 Å². The number of hydrogen-bond donors (Lipinski definition) is 1. The fourth-order valence-corrected chi connectivity index (χ4v) is 2.87. The van der Waals surface area contributed by atoms with Crippen LogP contribution in [0.1, 0.15) is 31.7 Å². The zero-order valence-corrected chi connectivity index (χ0v) is 12.0. The summed E-state index contributed by atoms with van der Waals surface area (Å²) in [6.45, 7) is 4.87. The van der Waals surface area contributed by atoms with Crippen molar-refractivity contribution in [3.8, 4) is 0 Å². The number of hydrogen-bond acceptors (Lipinski definition) is 2. The van der Waals surface area contributed by atoms with Crippen LogP contribution in [0.25, 0.3) is 0 Å². The van der Waals surface area contributed by atoms with Gasteiger partial charge in [0.25, 0.3) is 0 Å². The molecule has 0 saturated carbocycles. The zero-order chi connectivity index (χ0) is 14.7. The zero-order valence-electron chi connectivity index (χ0n) is 12.0. The van der Waals surface area contributed by atoms with Gasteiger partial charge in [-0.05, 0) is 24.8 Å². The lowest BCUT2D eigenvalue weighted by Gasteiger charge is -2.36. The van der Waals surface area contributed by atoms with Crippen LogP contribution < -0.4 is 0 Å². The number of likely N-dealkylation sites (tertiary alicyclic amines) is 1. The highest BCUT2D eigenvalue weighted by molar-refractivity contribution is 5.84. The monoisotopic (exact) mass is 275 g/mol. The van der Waals surface area contributed by atoms with Crippen molar-refractivity contribution >= 4 is 11.9 Å². The first kappa shape index (κ1) is 14.6. The molecule has 0 aliphatic carbocycles. The summed E-state index contributed by atoms with van der Waals surface area (Å²) in [5.41, 5.74) is 0.975. The molecule has 0 aromatic heterocycles. The van der Waals surface area contributed by atoms with E-state index in [2.05, 4.69) is 0 Å². The Bertz CT molecular complexity index is 486. The Balaban J connectivity index is 2.10. The minimum atomic E-state index is -0.804. The number of amides is 1. The molecule has 1 aliphatic heterocycles. The van der Waals surface area contributed by atoms with Crippen LogP contribution in [0, 0.1) is 11.8 Å². The molecule has 4 nitrogen and oxygen atoms in total. The predicted molar refractivity (Wildman–Crippen MR) is 76.3 cm³/mol. The van der Waals surface area contributed by atoms with Crippen molar-refractivity contribution in [2.75, 3.05) is 13.1 Å². The quantitative estimate of drug-likeness (QED) is 0.921. The molecule has 1 saturated heterocycles. The van der Waals surface area contributed by atoms with Gasteiger partial charge in [-0.1, -0.05) is 37.3 Å². The largest absolute Gasteiger partial charge is 0.481 e. The van der Waals surface area contributed by atoms with E-state index in [1.807, 2.05) is 44.2 Å². The van der Waals surface area contributed by atoms with Gasteiger partial charge in [0.2, 0.25) is 5.91 Å². The van der Waals surface area contributed by atoms with Crippen molar-refractivity contribution in [2.24, 2.45) is 11.8 Å². The summed E-state index contributed by atoms with van der Waals surface area (Å²) in [4.78, 5) is 25.4. The maximum atomic E-state index is 12.5. The maximum absolute atomic E-state index is 12.5. The fourth-order valence-electron chi connectivity index (χ4n) is 2.87. The summed E-state index contributed by atoms with van der Waals surface area (Å²) >= 11 is 0. The van der Waals surface area contributed by atoms with Crippen LogP contribution in [0.15, 0.2) is 30.3 Å². The molecule has 20 heavy (non-hydrogen) atoms. The number of carbonyl (C=O) groups excluding carboxylic acids is 1. The van der Waals surface area contributed by atoms with Gasteiger partial charge in [0.05, 0.1) is 11.8 Å². The molecule has 1 N–H and O–H groups in total. The van der Waals surface area contributed by atoms with Gasteiger partial charge in [-0.2, -0.15) is 0 Å². The summed E-state index contributed by atoms with van der Waals surface area (Å²) in [5.74, 6) is -1.21. The molecule has 1 fully saturated rings. The van der Waals surface area contributed by atoms with E-state index >= 15 is 0 Å². The highest BCUT2D eigenvalue weighted by atomic mass is 16.4. The van der Waals surface area contributed by atoms with Crippen LogP contribution in [0.2, 0.25) is 0 Å². The smallest absolute Gasteiger partial charge is 0.308 e. The van der Waals surface area contributed by atoms with Crippen molar-refractivity contribution in [1.82, 2.24) is 4.90 Å². The molecule has 0 spiro atoms. The van der Waals surface area contributed by atoms with Gasteiger partial charge in [0.1, 0.15) is 0 Å². The molecule has 1 heterocycles. The Kier molecular flexibility index (Phi) is 4.42. The van der Waals surface area contributed by atoms with Crippen LogP contribution in [-0.4, -0.2) is 35.0 Å². The average Bonchev–Trinajstić information content (AvgIpc) is 2.46. The Hall–Kier alpha value is -1.84. The molecule has 0 radical (unpaired) electrons. The third-order valence-electron chi connectivity index (χ3n) is 3.99. The molecule has 3 unspecified atom stereocenters. The number of benzene rings is 1. The van der Waals surface area contributed by atoms with Gasteiger partial charge in [-0.3, -0.25) is 9.59 Å². The Morgan fingerprint density at radius 2 is 1.90 bits per heavy atom. The van der Waals surface area contributed by atoms with Gasteiger partial charge in [0.15, 0.2) is 0 Å². The van der Waals surface area contributed by atoms with Gasteiger partial charge in [-0.15, -0.1) is 0 Å². The van der Waals surface area contributed by atoms with Gasteiger partial charge < -0.3 is 10.0 Å². The van der Waals surface area contributed by atoms with E-state index in [1.54, 1.807) is 4.90 Å². The summed E-state index contributed by atoms with van der Waals surface area (Å²) in [6, 6.07) is 9.62. The van der Waals surface area contributed by atoms with E-state index in [-0.39, 0.29) is 17.7 Å². The third-order valence-corrected chi connectivity index (χ3v) is 3.99. The second kappa shape index (κ2) is 6.07. The normalized spacial score (nSPS) is 24.2. The number of carboxylic acid groups (broad SMARTS) is 1. The lowest BCUT2D eigenvalue weighted by molar-refractivity contribution is -0.147. The molecule has 108 valence electrons. The Labute approximate surface area is 119 Å². The van der Waals surface area contributed by atoms with Crippen molar-refractivity contribution in [1.29, 1.82) is 0 Å². The first-order chi connectivity index (χ1) is 9.49. The van der Waals surface area contributed by atoms with E-state index in [0.29, 0.717) is 19.5 Å². The highest BCUT2D eigenvalue weighted by Crippen LogP contribution is 2.25.